The molecule has 2 rings (SSSR count). The summed E-state index contributed by atoms with van der Waals surface area (Å²) in [6.45, 7) is 1.72. The molecule has 0 amide bonds. The number of nitro groups is 1. The maximum atomic E-state index is 13.9. The maximum Gasteiger partial charge on any atom is 0.274 e. The highest BCUT2D eigenvalue weighted by atomic mass is 32.2. The van der Waals surface area contributed by atoms with Gasteiger partial charge >= 0.3 is 0 Å². The lowest BCUT2D eigenvalue weighted by molar-refractivity contribution is -0.385. The second kappa shape index (κ2) is 4.67. The second-order valence-electron chi connectivity index (χ2n) is 5.12. The van der Waals surface area contributed by atoms with Gasteiger partial charge in [-0.15, -0.1) is 0 Å². The fourth-order valence-corrected chi connectivity index (χ4v) is 3.81. The first-order chi connectivity index (χ1) is 9.15. The molecule has 0 saturated heterocycles. The van der Waals surface area contributed by atoms with Crippen molar-refractivity contribution in [3.05, 3.63) is 28.1 Å². The molecule has 0 bridgehead atoms. The Morgan fingerprint density at radius 3 is 2.45 bits per heavy atom. The van der Waals surface area contributed by atoms with Gasteiger partial charge in [0.05, 0.1) is 16.7 Å². The number of benzene rings is 1. The minimum Gasteiger partial charge on any atom is -0.397 e. The van der Waals surface area contributed by atoms with Crippen LogP contribution in [0, 0.1) is 15.9 Å². The van der Waals surface area contributed by atoms with E-state index in [0.717, 1.165) is 12.5 Å². The van der Waals surface area contributed by atoms with E-state index in [2.05, 4.69) is 4.72 Å². The lowest BCUT2D eigenvalue weighted by Gasteiger charge is -2.38. The van der Waals surface area contributed by atoms with Gasteiger partial charge in [-0.25, -0.2) is 17.5 Å². The highest BCUT2D eigenvalue weighted by molar-refractivity contribution is 7.89. The minimum atomic E-state index is -4.16. The number of halogens is 1. The molecular weight excluding hydrogens is 289 g/mol. The van der Waals surface area contributed by atoms with Crippen molar-refractivity contribution in [1.82, 2.24) is 4.72 Å². The van der Waals surface area contributed by atoms with Crippen LogP contribution in [-0.2, 0) is 10.0 Å². The molecule has 0 aromatic heterocycles. The molecule has 20 heavy (non-hydrogen) atoms. The topological polar surface area (TPSA) is 115 Å². The van der Waals surface area contributed by atoms with Crippen LogP contribution >= 0.6 is 0 Å². The number of hydrogen-bond donors (Lipinski definition) is 2. The smallest absolute Gasteiger partial charge is 0.274 e. The third-order valence-electron chi connectivity index (χ3n) is 3.37. The standard InChI is InChI=1S/C11H14FN3O4S/c1-11(3-2-4-11)14-20(18,19)10-8(12)5-7(15(16)17)6-9(10)13/h5-6,14H,2-4,13H2,1H3. The van der Waals surface area contributed by atoms with E-state index in [1.54, 1.807) is 6.92 Å². The van der Waals surface area contributed by atoms with Crippen molar-refractivity contribution in [1.29, 1.82) is 0 Å². The van der Waals surface area contributed by atoms with Crippen molar-refractivity contribution >= 4 is 21.4 Å². The van der Waals surface area contributed by atoms with E-state index >= 15 is 0 Å². The first kappa shape index (κ1) is 14.7. The summed E-state index contributed by atoms with van der Waals surface area (Å²) in [6, 6.07) is 1.38. The number of nitrogen functional groups attached to an aromatic ring is 1. The molecule has 1 aliphatic rings. The van der Waals surface area contributed by atoms with Crippen molar-refractivity contribution in [2.45, 2.75) is 36.6 Å². The number of nitro benzene ring substituents is 1. The van der Waals surface area contributed by atoms with Crippen LogP contribution in [-0.4, -0.2) is 18.9 Å². The van der Waals surface area contributed by atoms with Crippen molar-refractivity contribution in [2.24, 2.45) is 0 Å². The molecule has 0 atom stereocenters. The Bertz CT molecular complexity index is 647. The predicted octanol–water partition coefficient (Wildman–Crippen LogP) is 1.54. The minimum absolute atomic E-state index is 0.480. The van der Waals surface area contributed by atoms with Gasteiger partial charge in [0.25, 0.3) is 5.69 Å². The van der Waals surface area contributed by atoms with Crippen LogP contribution in [0.1, 0.15) is 26.2 Å². The molecule has 0 spiro atoms. The van der Waals surface area contributed by atoms with Gasteiger partial charge < -0.3 is 5.73 Å². The van der Waals surface area contributed by atoms with E-state index in [-0.39, 0.29) is 0 Å². The average molecular weight is 303 g/mol. The van der Waals surface area contributed by atoms with Crippen molar-refractivity contribution in [3.8, 4) is 0 Å². The first-order valence-electron chi connectivity index (χ1n) is 5.92. The number of non-ortho nitro benzene ring substituents is 1. The lowest BCUT2D eigenvalue weighted by atomic mass is 9.80. The van der Waals surface area contributed by atoms with E-state index in [4.69, 9.17) is 5.73 Å². The summed E-state index contributed by atoms with van der Waals surface area (Å²) >= 11 is 0. The van der Waals surface area contributed by atoms with Crippen molar-refractivity contribution in [2.75, 3.05) is 5.73 Å². The maximum absolute atomic E-state index is 13.9. The fraction of sp³-hybridized carbons (Fsp3) is 0.455. The largest absolute Gasteiger partial charge is 0.397 e. The number of hydrogen-bond acceptors (Lipinski definition) is 5. The summed E-state index contributed by atoms with van der Waals surface area (Å²) in [5, 5.41) is 10.6. The van der Waals surface area contributed by atoms with Crippen LogP contribution in [0.25, 0.3) is 0 Å². The van der Waals surface area contributed by atoms with E-state index in [0.29, 0.717) is 18.9 Å². The molecule has 0 radical (unpaired) electrons. The Hall–Kier alpha value is -1.74. The van der Waals surface area contributed by atoms with Crippen LogP contribution < -0.4 is 10.5 Å². The molecular formula is C11H14FN3O4S. The zero-order chi connectivity index (χ0) is 15.1. The van der Waals surface area contributed by atoms with Gasteiger partial charge in [0.15, 0.2) is 5.82 Å². The average Bonchev–Trinajstić information content (AvgIpc) is 2.24. The van der Waals surface area contributed by atoms with Crippen LogP contribution in [0.15, 0.2) is 17.0 Å². The van der Waals surface area contributed by atoms with Gasteiger partial charge in [0.2, 0.25) is 10.0 Å². The normalized spacial score (nSPS) is 17.5. The third kappa shape index (κ3) is 2.59. The number of nitrogens with one attached hydrogen (secondary N) is 1. The van der Waals surface area contributed by atoms with E-state index in [1.807, 2.05) is 0 Å². The molecule has 1 saturated carbocycles. The Labute approximate surface area is 115 Å². The molecule has 0 aliphatic heterocycles. The number of anilines is 1. The summed E-state index contributed by atoms with van der Waals surface area (Å²) in [5.41, 5.74) is 3.78. The number of nitrogens with two attached hydrogens (primary N) is 1. The molecule has 1 fully saturated rings. The van der Waals surface area contributed by atoms with Crippen LogP contribution in [0.2, 0.25) is 0 Å². The summed E-state index contributed by atoms with van der Waals surface area (Å²) in [6.07, 6.45) is 2.19. The van der Waals surface area contributed by atoms with E-state index in [9.17, 15) is 22.9 Å². The number of rotatable bonds is 4. The van der Waals surface area contributed by atoms with Crippen molar-refractivity contribution < 1.29 is 17.7 Å². The molecule has 1 aliphatic carbocycles. The zero-order valence-corrected chi connectivity index (χ0v) is 11.5. The van der Waals surface area contributed by atoms with E-state index < -0.39 is 42.6 Å². The zero-order valence-electron chi connectivity index (χ0n) is 10.7. The highest BCUT2D eigenvalue weighted by Crippen LogP contribution is 2.34. The first-order valence-corrected chi connectivity index (χ1v) is 7.40. The monoisotopic (exact) mass is 303 g/mol. The Balaban J connectivity index is 2.44. The summed E-state index contributed by atoms with van der Waals surface area (Å²) in [5.74, 6) is -1.23. The van der Waals surface area contributed by atoms with Crippen molar-refractivity contribution in [3.63, 3.8) is 0 Å². The summed E-state index contributed by atoms with van der Waals surface area (Å²) in [4.78, 5) is 8.99. The van der Waals surface area contributed by atoms with Gasteiger partial charge in [-0.3, -0.25) is 10.1 Å². The quantitative estimate of drug-likeness (QED) is 0.497. The van der Waals surface area contributed by atoms with Crippen LogP contribution in [0.4, 0.5) is 15.8 Å². The summed E-state index contributed by atoms with van der Waals surface area (Å²) < 4.78 is 40.6. The molecule has 3 N–H and O–H groups in total. The number of nitrogens with zero attached hydrogens (tertiary/aromatic N) is 1. The van der Waals surface area contributed by atoms with E-state index in [1.165, 1.54) is 0 Å². The van der Waals surface area contributed by atoms with Crippen LogP contribution in [0.5, 0.6) is 0 Å². The molecule has 0 unspecified atom stereocenters. The van der Waals surface area contributed by atoms with Gasteiger partial charge in [0.1, 0.15) is 4.90 Å². The SMILES string of the molecule is CC1(NS(=O)(=O)c2c(N)cc([N+](=O)[O-])cc2F)CCC1. The highest BCUT2D eigenvalue weighted by Gasteiger charge is 2.38. The number of sulfonamides is 1. The predicted molar refractivity (Wildman–Crippen MR) is 70.0 cm³/mol. The molecule has 110 valence electrons. The Kier molecular flexibility index (Phi) is 3.42. The Morgan fingerprint density at radius 2 is 2.05 bits per heavy atom. The Morgan fingerprint density at radius 1 is 1.45 bits per heavy atom. The second-order valence-corrected chi connectivity index (χ2v) is 6.74. The molecule has 9 heteroatoms. The fourth-order valence-electron chi connectivity index (χ4n) is 2.17. The van der Waals surface area contributed by atoms with Gasteiger partial charge in [0, 0.05) is 11.6 Å². The third-order valence-corrected chi connectivity index (χ3v) is 5.10. The van der Waals surface area contributed by atoms with Gasteiger partial charge in [-0.2, -0.15) is 0 Å². The van der Waals surface area contributed by atoms with Crippen LogP contribution in [0.3, 0.4) is 0 Å². The molecule has 0 heterocycles. The molecule has 7 nitrogen and oxygen atoms in total. The van der Waals surface area contributed by atoms with Gasteiger partial charge in [-0.1, -0.05) is 0 Å². The lowest BCUT2D eigenvalue weighted by Crippen LogP contribution is -2.51. The van der Waals surface area contributed by atoms with Gasteiger partial charge in [-0.05, 0) is 26.2 Å². The molecule has 1 aromatic carbocycles. The molecule has 1 aromatic rings. The summed E-state index contributed by atoms with van der Waals surface area (Å²) in [7, 11) is -4.16.